The van der Waals surface area contributed by atoms with Gasteiger partial charge >= 0.3 is 6.03 Å². The number of anilines is 1. The van der Waals surface area contributed by atoms with Crippen molar-refractivity contribution in [1.82, 2.24) is 15.5 Å². The summed E-state index contributed by atoms with van der Waals surface area (Å²) in [6, 6.07) is 23.2. The molecule has 184 valence electrons. The molecule has 2 aromatic heterocycles. The molecule has 0 spiro atoms. The summed E-state index contributed by atoms with van der Waals surface area (Å²) in [5.41, 5.74) is 3.64. The third-order valence-corrected chi connectivity index (χ3v) is 8.20. The lowest BCUT2D eigenvalue weighted by molar-refractivity contribution is 0.0951. The quantitative estimate of drug-likeness (QED) is 0.283. The third-order valence-electron chi connectivity index (χ3n) is 6.30. The van der Waals surface area contributed by atoms with E-state index in [1.807, 2.05) is 47.0 Å². The molecule has 5 rings (SSSR count). The number of nitrogens with one attached hydrogen (secondary N) is 3. The monoisotopic (exact) mass is 516 g/mol. The number of carbonyl (C=O) groups excluding carboxylic acids is 2. The average Bonchev–Trinajstić information content (AvgIpc) is 3.60. The van der Waals surface area contributed by atoms with Crippen LogP contribution in [0.2, 0.25) is 0 Å². The van der Waals surface area contributed by atoms with E-state index >= 15 is 0 Å². The second-order valence-corrected chi connectivity index (χ2v) is 10.7. The van der Waals surface area contributed by atoms with Crippen LogP contribution < -0.4 is 16.0 Å². The number of benzene rings is 2. The van der Waals surface area contributed by atoms with E-state index in [4.69, 9.17) is 0 Å². The van der Waals surface area contributed by atoms with Crippen LogP contribution in [0.3, 0.4) is 0 Å². The van der Waals surface area contributed by atoms with Crippen LogP contribution in [0.25, 0.3) is 0 Å². The van der Waals surface area contributed by atoms with Gasteiger partial charge in [0.15, 0.2) is 0 Å². The van der Waals surface area contributed by atoms with Crippen LogP contribution in [0.15, 0.2) is 83.6 Å². The minimum absolute atomic E-state index is 0.0689. The highest BCUT2D eigenvalue weighted by molar-refractivity contribution is 7.10. The number of urea groups is 1. The van der Waals surface area contributed by atoms with Gasteiger partial charge < -0.3 is 16.0 Å². The number of hydrogen-bond donors (Lipinski definition) is 3. The molecule has 1 atom stereocenters. The van der Waals surface area contributed by atoms with Gasteiger partial charge in [-0.05, 0) is 58.6 Å². The average molecular weight is 517 g/mol. The molecule has 0 aliphatic carbocycles. The van der Waals surface area contributed by atoms with Gasteiger partial charge in [0.1, 0.15) is 0 Å². The van der Waals surface area contributed by atoms with Crippen molar-refractivity contribution < 1.29 is 9.59 Å². The van der Waals surface area contributed by atoms with Gasteiger partial charge in [0.2, 0.25) is 0 Å². The summed E-state index contributed by atoms with van der Waals surface area (Å²) in [6.45, 7) is 2.80. The van der Waals surface area contributed by atoms with Gasteiger partial charge in [-0.1, -0.05) is 42.5 Å². The Bertz CT molecular complexity index is 1300. The minimum atomic E-state index is -0.291. The fourth-order valence-electron chi connectivity index (χ4n) is 4.45. The molecule has 0 saturated carbocycles. The highest BCUT2D eigenvalue weighted by Crippen LogP contribution is 2.30. The first-order chi connectivity index (χ1) is 17.7. The molecule has 3 amide bonds. The molecule has 3 N–H and O–H groups in total. The molecule has 0 saturated heterocycles. The van der Waals surface area contributed by atoms with Crippen molar-refractivity contribution in [3.8, 4) is 0 Å². The Hall–Kier alpha value is -3.46. The van der Waals surface area contributed by atoms with E-state index in [2.05, 4.69) is 44.4 Å². The number of nitrogens with zero attached hydrogens (tertiary/aromatic N) is 1. The Labute approximate surface area is 219 Å². The van der Waals surface area contributed by atoms with Crippen molar-refractivity contribution in [1.29, 1.82) is 0 Å². The predicted octanol–water partition coefficient (Wildman–Crippen LogP) is 5.66. The van der Waals surface area contributed by atoms with Gasteiger partial charge in [0.25, 0.3) is 5.91 Å². The van der Waals surface area contributed by atoms with Crippen LogP contribution in [0, 0.1) is 0 Å². The maximum atomic E-state index is 12.8. The molecular weight excluding hydrogens is 488 g/mol. The topological polar surface area (TPSA) is 73.5 Å². The second kappa shape index (κ2) is 11.5. The van der Waals surface area contributed by atoms with E-state index in [1.54, 1.807) is 35.6 Å². The van der Waals surface area contributed by atoms with E-state index in [-0.39, 0.29) is 18.0 Å². The van der Waals surface area contributed by atoms with Crippen LogP contribution in [-0.4, -0.2) is 29.9 Å². The van der Waals surface area contributed by atoms with E-state index < -0.39 is 0 Å². The molecule has 1 unspecified atom stereocenters. The van der Waals surface area contributed by atoms with Crippen LogP contribution in [0.1, 0.15) is 37.3 Å². The molecule has 0 radical (unpaired) electrons. The molecule has 4 aromatic rings. The van der Waals surface area contributed by atoms with E-state index in [0.717, 1.165) is 24.4 Å². The van der Waals surface area contributed by atoms with Gasteiger partial charge in [-0.15, -0.1) is 22.7 Å². The van der Waals surface area contributed by atoms with Crippen LogP contribution in [0.4, 0.5) is 10.5 Å². The number of carbonyl (C=O) groups is 2. The molecule has 8 heteroatoms. The van der Waals surface area contributed by atoms with Crippen molar-refractivity contribution in [2.75, 3.05) is 18.4 Å². The lowest BCUT2D eigenvalue weighted by Crippen LogP contribution is -2.41. The maximum absolute atomic E-state index is 12.8. The second-order valence-electron chi connectivity index (χ2n) is 8.69. The first-order valence-corrected chi connectivity index (χ1v) is 13.7. The first kappa shape index (κ1) is 24.2. The zero-order chi connectivity index (χ0) is 24.7. The van der Waals surface area contributed by atoms with Crippen LogP contribution in [-0.2, 0) is 19.5 Å². The largest absolute Gasteiger partial charge is 0.347 e. The summed E-state index contributed by atoms with van der Waals surface area (Å²) in [6.07, 6.45) is 1.03. The van der Waals surface area contributed by atoms with Gasteiger partial charge in [0.05, 0.1) is 12.6 Å². The lowest BCUT2D eigenvalue weighted by atomic mass is 10.0. The Balaban J connectivity index is 1.20. The van der Waals surface area contributed by atoms with Crippen molar-refractivity contribution >= 4 is 40.3 Å². The van der Waals surface area contributed by atoms with Crippen molar-refractivity contribution in [2.45, 2.75) is 25.6 Å². The highest BCUT2D eigenvalue weighted by Gasteiger charge is 2.26. The maximum Gasteiger partial charge on any atom is 0.319 e. The van der Waals surface area contributed by atoms with Gasteiger partial charge in [-0.25, -0.2) is 4.79 Å². The summed E-state index contributed by atoms with van der Waals surface area (Å²) in [5.74, 6) is -0.172. The Morgan fingerprint density at radius 3 is 2.64 bits per heavy atom. The van der Waals surface area contributed by atoms with Gasteiger partial charge in [0, 0.05) is 40.6 Å². The zero-order valence-electron chi connectivity index (χ0n) is 19.8. The van der Waals surface area contributed by atoms with Crippen LogP contribution >= 0.6 is 22.7 Å². The normalized spacial score (nSPS) is 14.0. The Kier molecular flexibility index (Phi) is 7.76. The Morgan fingerprint density at radius 1 is 0.917 bits per heavy atom. The van der Waals surface area contributed by atoms with Gasteiger partial charge in [-0.2, -0.15) is 0 Å². The third kappa shape index (κ3) is 6.02. The van der Waals surface area contributed by atoms with Crippen molar-refractivity contribution in [3.05, 3.63) is 110 Å². The van der Waals surface area contributed by atoms with E-state index in [0.29, 0.717) is 24.3 Å². The van der Waals surface area contributed by atoms with Crippen molar-refractivity contribution in [2.24, 2.45) is 0 Å². The number of rotatable bonds is 8. The Morgan fingerprint density at radius 2 is 1.81 bits per heavy atom. The molecule has 6 nitrogen and oxygen atoms in total. The summed E-state index contributed by atoms with van der Waals surface area (Å²) in [5, 5.41) is 13.0. The fourth-order valence-corrected chi connectivity index (χ4v) is 5.99. The predicted molar refractivity (Wildman–Crippen MR) is 147 cm³/mol. The molecule has 2 aromatic carbocycles. The summed E-state index contributed by atoms with van der Waals surface area (Å²) in [7, 11) is 0. The summed E-state index contributed by atoms with van der Waals surface area (Å²) in [4.78, 5) is 30.4. The molecule has 0 fully saturated rings. The molecular formula is C28H28N4O2S2. The van der Waals surface area contributed by atoms with E-state index in [9.17, 15) is 9.59 Å². The number of fused-ring (bicyclic) bond motifs is 1. The first-order valence-electron chi connectivity index (χ1n) is 12.0. The number of thiophene rings is 2. The molecule has 36 heavy (non-hydrogen) atoms. The standard InChI is InChI=1S/C28H28N4O2S2/c33-27(29-17-24-10-5-14-35-24)21-8-4-9-23(16-21)31-28(34)30-18-25(20-6-2-1-3-7-20)32-13-11-26-22(19-32)12-15-36-26/h1-10,12,14-16,25H,11,13,17-19H2,(H,29,33)(H2,30,31,34). The SMILES string of the molecule is O=C(NCC(c1ccccc1)N1CCc2sccc2C1)Nc1cccc(C(=O)NCc2cccs2)c1. The van der Waals surface area contributed by atoms with Crippen molar-refractivity contribution in [3.63, 3.8) is 0 Å². The zero-order valence-corrected chi connectivity index (χ0v) is 21.4. The summed E-state index contributed by atoms with van der Waals surface area (Å²) >= 11 is 3.43. The smallest absolute Gasteiger partial charge is 0.319 e. The molecule has 3 heterocycles. The lowest BCUT2D eigenvalue weighted by Gasteiger charge is -2.35. The molecule has 1 aliphatic heterocycles. The van der Waals surface area contributed by atoms with Crippen LogP contribution in [0.5, 0.6) is 0 Å². The molecule has 1 aliphatic rings. The minimum Gasteiger partial charge on any atom is -0.347 e. The van der Waals surface area contributed by atoms with Gasteiger partial charge in [-0.3, -0.25) is 9.69 Å². The van der Waals surface area contributed by atoms with E-state index in [1.165, 1.54) is 16.0 Å². The fraction of sp³-hybridized carbons (Fsp3) is 0.214. The number of hydrogen-bond acceptors (Lipinski definition) is 5. The summed E-state index contributed by atoms with van der Waals surface area (Å²) < 4.78 is 0. The highest BCUT2D eigenvalue weighted by atomic mass is 32.1. The molecule has 0 bridgehead atoms. The number of amides is 3.